The molecule has 1 aliphatic heterocycles. The van der Waals surface area contributed by atoms with Crippen LogP contribution in [-0.2, 0) is 14.3 Å². The smallest absolute Gasteiger partial charge is 0.338 e. The van der Waals surface area contributed by atoms with E-state index in [1.807, 2.05) is 23.6 Å². The average Bonchev–Trinajstić information content (AvgIpc) is 3.40. The van der Waals surface area contributed by atoms with Crippen molar-refractivity contribution in [2.75, 3.05) is 14.2 Å². The van der Waals surface area contributed by atoms with E-state index in [0.717, 1.165) is 4.88 Å². The van der Waals surface area contributed by atoms with Crippen LogP contribution < -0.4 is 24.4 Å². The van der Waals surface area contributed by atoms with Crippen LogP contribution in [0.1, 0.15) is 30.3 Å². The summed E-state index contributed by atoms with van der Waals surface area (Å²) in [6.45, 7) is 3.00. The predicted molar refractivity (Wildman–Crippen MR) is 124 cm³/mol. The molecular formula is C23H20N2O6S2. The largest absolute Gasteiger partial charge is 0.493 e. The third-order valence-corrected chi connectivity index (χ3v) is 6.80. The fourth-order valence-electron chi connectivity index (χ4n) is 3.60. The Kier molecular flexibility index (Phi) is 6.30. The number of rotatable bonds is 5. The van der Waals surface area contributed by atoms with E-state index in [1.54, 1.807) is 25.1 Å². The number of esters is 2. The van der Waals surface area contributed by atoms with E-state index in [2.05, 4.69) is 4.99 Å². The molecule has 1 atom stereocenters. The van der Waals surface area contributed by atoms with Crippen LogP contribution in [0.25, 0.3) is 6.08 Å². The van der Waals surface area contributed by atoms with Crippen molar-refractivity contribution in [3.05, 3.63) is 77.1 Å². The van der Waals surface area contributed by atoms with Gasteiger partial charge in [0.2, 0.25) is 0 Å². The van der Waals surface area contributed by atoms with Gasteiger partial charge >= 0.3 is 11.9 Å². The second-order valence-corrected chi connectivity index (χ2v) is 9.08. The van der Waals surface area contributed by atoms with Crippen molar-refractivity contribution in [1.82, 2.24) is 4.57 Å². The number of thiazole rings is 1. The van der Waals surface area contributed by atoms with Gasteiger partial charge in [-0.15, -0.1) is 11.3 Å². The minimum Gasteiger partial charge on any atom is -0.493 e. The fraction of sp³-hybridized carbons (Fsp3) is 0.217. The van der Waals surface area contributed by atoms with Gasteiger partial charge in [0.05, 0.1) is 36.1 Å². The Morgan fingerprint density at radius 3 is 2.61 bits per heavy atom. The van der Waals surface area contributed by atoms with Crippen LogP contribution in [0.5, 0.6) is 11.5 Å². The summed E-state index contributed by atoms with van der Waals surface area (Å²) in [4.78, 5) is 43.6. The van der Waals surface area contributed by atoms with Crippen LogP contribution in [0.4, 0.5) is 0 Å². The fourth-order valence-corrected chi connectivity index (χ4v) is 5.37. The standard InChI is InChI=1S/C23H20N2O6S2/c1-12-19(22(28)30-4)20(14-7-8-16(31-13(2)26)17(10-14)29-3)25-21(27)18(33-23(25)24-12)11-15-6-5-9-32-15/h5-11,20H,1-4H3/b18-11+. The first-order chi connectivity index (χ1) is 15.8. The summed E-state index contributed by atoms with van der Waals surface area (Å²) in [5, 5.41) is 1.93. The van der Waals surface area contributed by atoms with Crippen LogP contribution in [0.15, 0.2) is 56.8 Å². The Hall–Kier alpha value is -3.50. The van der Waals surface area contributed by atoms with Crippen molar-refractivity contribution in [2.24, 2.45) is 4.99 Å². The molecule has 3 heterocycles. The topological polar surface area (TPSA) is 96.2 Å². The first kappa shape index (κ1) is 22.7. The molecule has 0 saturated heterocycles. The first-order valence-corrected chi connectivity index (χ1v) is 11.5. The summed E-state index contributed by atoms with van der Waals surface area (Å²) < 4.78 is 17.6. The van der Waals surface area contributed by atoms with Gasteiger partial charge in [-0.25, -0.2) is 9.79 Å². The van der Waals surface area contributed by atoms with Crippen LogP contribution in [-0.4, -0.2) is 30.7 Å². The van der Waals surface area contributed by atoms with Gasteiger partial charge in [0.25, 0.3) is 5.56 Å². The lowest BCUT2D eigenvalue weighted by Crippen LogP contribution is -2.39. The van der Waals surface area contributed by atoms with Crippen molar-refractivity contribution in [3.63, 3.8) is 0 Å². The van der Waals surface area contributed by atoms with Gasteiger partial charge in [0.1, 0.15) is 0 Å². The van der Waals surface area contributed by atoms with E-state index >= 15 is 0 Å². The zero-order chi connectivity index (χ0) is 23.7. The number of methoxy groups -OCH3 is 2. The summed E-state index contributed by atoms with van der Waals surface area (Å²) in [6, 6.07) is 7.93. The normalized spacial score (nSPS) is 15.6. The maximum atomic E-state index is 13.5. The van der Waals surface area contributed by atoms with Crippen LogP contribution >= 0.6 is 22.7 Å². The Balaban J connectivity index is 1.96. The van der Waals surface area contributed by atoms with E-state index < -0.39 is 18.0 Å². The molecule has 33 heavy (non-hydrogen) atoms. The van der Waals surface area contributed by atoms with Gasteiger partial charge in [0, 0.05) is 11.8 Å². The lowest BCUT2D eigenvalue weighted by atomic mass is 9.95. The van der Waals surface area contributed by atoms with Gasteiger partial charge in [-0.3, -0.25) is 14.2 Å². The van der Waals surface area contributed by atoms with E-state index in [0.29, 0.717) is 26.3 Å². The number of carbonyl (C=O) groups is 2. The highest BCUT2D eigenvalue weighted by Gasteiger charge is 2.33. The highest BCUT2D eigenvalue weighted by atomic mass is 32.1. The molecule has 1 unspecified atom stereocenters. The number of hydrogen-bond acceptors (Lipinski definition) is 9. The molecule has 0 N–H and O–H groups in total. The zero-order valence-corrected chi connectivity index (χ0v) is 19.9. The Bertz CT molecular complexity index is 1450. The van der Waals surface area contributed by atoms with E-state index in [1.165, 1.54) is 48.4 Å². The lowest BCUT2D eigenvalue weighted by molar-refractivity contribution is -0.136. The maximum Gasteiger partial charge on any atom is 0.338 e. The molecule has 0 fully saturated rings. The molecule has 170 valence electrons. The minimum absolute atomic E-state index is 0.235. The second kappa shape index (κ2) is 9.16. The molecular weight excluding hydrogens is 464 g/mol. The van der Waals surface area contributed by atoms with E-state index in [-0.39, 0.29) is 16.9 Å². The summed E-state index contributed by atoms with van der Waals surface area (Å²) in [7, 11) is 2.73. The van der Waals surface area contributed by atoms with Crippen LogP contribution in [0.3, 0.4) is 0 Å². The molecule has 0 amide bonds. The van der Waals surface area contributed by atoms with E-state index in [9.17, 15) is 14.4 Å². The highest BCUT2D eigenvalue weighted by Crippen LogP contribution is 2.36. The van der Waals surface area contributed by atoms with Crippen molar-refractivity contribution in [3.8, 4) is 11.5 Å². The quantitative estimate of drug-likeness (QED) is 0.408. The Morgan fingerprint density at radius 1 is 1.18 bits per heavy atom. The number of allylic oxidation sites excluding steroid dienone is 1. The first-order valence-electron chi connectivity index (χ1n) is 9.84. The number of benzene rings is 1. The Morgan fingerprint density at radius 2 is 1.97 bits per heavy atom. The summed E-state index contributed by atoms with van der Waals surface area (Å²) in [6.07, 6.45) is 1.81. The summed E-state index contributed by atoms with van der Waals surface area (Å²) in [5.41, 5.74) is 1.02. The molecule has 10 heteroatoms. The van der Waals surface area contributed by atoms with Crippen LogP contribution in [0.2, 0.25) is 0 Å². The average molecular weight is 485 g/mol. The summed E-state index contributed by atoms with van der Waals surface area (Å²) in [5.74, 6) is -0.549. The molecule has 0 saturated carbocycles. The van der Waals surface area contributed by atoms with Crippen molar-refractivity contribution in [1.29, 1.82) is 0 Å². The van der Waals surface area contributed by atoms with E-state index in [4.69, 9.17) is 14.2 Å². The molecule has 1 aromatic carbocycles. The minimum atomic E-state index is -0.792. The second-order valence-electron chi connectivity index (χ2n) is 7.09. The van der Waals surface area contributed by atoms with Crippen molar-refractivity contribution in [2.45, 2.75) is 19.9 Å². The number of nitrogens with zero attached hydrogens (tertiary/aromatic N) is 2. The number of fused-ring (bicyclic) bond motifs is 1. The molecule has 0 spiro atoms. The van der Waals surface area contributed by atoms with Crippen molar-refractivity contribution >= 4 is 40.7 Å². The maximum absolute atomic E-state index is 13.5. The number of ether oxygens (including phenoxy) is 3. The third kappa shape index (κ3) is 4.27. The molecule has 8 nitrogen and oxygen atoms in total. The van der Waals surface area contributed by atoms with Gasteiger partial charge in [-0.1, -0.05) is 23.5 Å². The number of hydrogen-bond donors (Lipinski definition) is 0. The molecule has 3 aromatic rings. The van der Waals surface area contributed by atoms with Gasteiger partial charge in [-0.2, -0.15) is 0 Å². The zero-order valence-electron chi connectivity index (χ0n) is 18.3. The molecule has 4 rings (SSSR count). The summed E-state index contributed by atoms with van der Waals surface area (Å²) >= 11 is 2.77. The number of thiophene rings is 1. The van der Waals surface area contributed by atoms with Crippen molar-refractivity contribution < 1.29 is 23.8 Å². The highest BCUT2D eigenvalue weighted by molar-refractivity contribution is 7.11. The van der Waals surface area contributed by atoms with Gasteiger partial charge < -0.3 is 14.2 Å². The molecule has 0 bridgehead atoms. The number of aromatic nitrogens is 1. The molecule has 1 aliphatic rings. The third-order valence-electron chi connectivity index (χ3n) is 5.00. The van der Waals surface area contributed by atoms with Gasteiger partial charge in [-0.05, 0) is 42.1 Å². The predicted octanol–water partition coefficient (Wildman–Crippen LogP) is 2.40. The Labute approximate surface area is 196 Å². The lowest BCUT2D eigenvalue weighted by Gasteiger charge is -2.25. The molecule has 0 aliphatic carbocycles. The number of carbonyl (C=O) groups excluding carboxylic acids is 2. The molecule has 0 radical (unpaired) electrons. The van der Waals surface area contributed by atoms with Crippen LogP contribution in [0, 0.1) is 0 Å². The monoisotopic (exact) mass is 484 g/mol. The SMILES string of the molecule is COC(=O)C1=C(C)N=c2s/c(=C/c3cccs3)c(=O)n2C1c1ccc(OC(C)=O)c(OC)c1. The molecule has 2 aromatic heterocycles. The van der Waals surface area contributed by atoms with Gasteiger partial charge in [0.15, 0.2) is 16.3 Å².